The van der Waals surface area contributed by atoms with Crippen LogP contribution in [0.1, 0.15) is 18.8 Å². The highest BCUT2D eigenvalue weighted by molar-refractivity contribution is 5.82. The van der Waals surface area contributed by atoms with Gasteiger partial charge in [0.1, 0.15) is 23.3 Å². The SMILES string of the molecule is C[C@@H](O)c1oc2ccccc2c(=O)c1-c1cccc(F)c1. The molecule has 106 valence electrons. The molecule has 0 bridgehead atoms. The van der Waals surface area contributed by atoms with Crippen LogP contribution in [-0.4, -0.2) is 5.11 Å². The molecule has 0 radical (unpaired) electrons. The third kappa shape index (κ3) is 2.34. The van der Waals surface area contributed by atoms with Crippen molar-refractivity contribution in [2.24, 2.45) is 0 Å². The van der Waals surface area contributed by atoms with Crippen LogP contribution in [-0.2, 0) is 0 Å². The molecule has 3 aromatic rings. The number of benzene rings is 2. The van der Waals surface area contributed by atoms with E-state index in [0.717, 1.165) is 0 Å². The summed E-state index contributed by atoms with van der Waals surface area (Å²) in [6.45, 7) is 1.51. The van der Waals surface area contributed by atoms with Crippen molar-refractivity contribution in [3.05, 3.63) is 70.3 Å². The van der Waals surface area contributed by atoms with Crippen molar-refractivity contribution in [1.29, 1.82) is 0 Å². The lowest BCUT2D eigenvalue weighted by Crippen LogP contribution is -2.11. The number of para-hydroxylation sites is 1. The van der Waals surface area contributed by atoms with Gasteiger partial charge in [0.2, 0.25) is 5.43 Å². The Labute approximate surface area is 120 Å². The highest BCUT2D eigenvalue weighted by atomic mass is 19.1. The van der Waals surface area contributed by atoms with Crippen LogP contribution in [0.4, 0.5) is 4.39 Å². The predicted molar refractivity (Wildman–Crippen MR) is 78.5 cm³/mol. The third-order valence-electron chi connectivity index (χ3n) is 3.32. The van der Waals surface area contributed by atoms with Gasteiger partial charge in [0.25, 0.3) is 0 Å². The summed E-state index contributed by atoms with van der Waals surface area (Å²) in [5.74, 6) is -0.305. The van der Waals surface area contributed by atoms with Crippen LogP contribution in [0, 0.1) is 5.82 Å². The van der Waals surface area contributed by atoms with Crippen molar-refractivity contribution in [2.45, 2.75) is 13.0 Å². The van der Waals surface area contributed by atoms with Crippen molar-refractivity contribution in [2.75, 3.05) is 0 Å². The van der Waals surface area contributed by atoms with Crippen LogP contribution in [0.5, 0.6) is 0 Å². The van der Waals surface area contributed by atoms with Gasteiger partial charge in [-0.15, -0.1) is 0 Å². The molecule has 0 amide bonds. The maximum Gasteiger partial charge on any atom is 0.200 e. The molecule has 1 heterocycles. The van der Waals surface area contributed by atoms with Gasteiger partial charge in [-0.25, -0.2) is 4.39 Å². The van der Waals surface area contributed by atoms with Crippen molar-refractivity contribution in [3.8, 4) is 11.1 Å². The molecular weight excluding hydrogens is 271 g/mol. The van der Waals surface area contributed by atoms with Gasteiger partial charge in [-0.1, -0.05) is 24.3 Å². The Morgan fingerprint density at radius 1 is 1.14 bits per heavy atom. The molecule has 0 unspecified atom stereocenters. The van der Waals surface area contributed by atoms with Crippen LogP contribution in [0.15, 0.2) is 57.7 Å². The molecule has 21 heavy (non-hydrogen) atoms. The van der Waals surface area contributed by atoms with E-state index in [1.165, 1.54) is 25.1 Å². The minimum atomic E-state index is -0.972. The summed E-state index contributed by atoms with van der Waals surface area (Å²) >= 11 is 0. The second-order valence-electron chi connectivity index (χ2n) is 4.85. The maximum absolute atomic E-state index is 13.4. The van der Waals surface area contributed by atoms with Crippen molar-refractivity contribution in [3.63, 3.8) is 0 Å². The van der Waals surface area contributed by atoms with Gasteiger partial charge in [0.15, 0.2) is 0 Å². The average molecular weight is 284 g/mol. The Balaban J connectivity index is 2.42. The van der Waals surface area contributed by atoms with Gasteiger partial charge in [-0.3, -0.25) is 4.79 Å². The monoisotopic (exact) mass is 284 g/mol. The Hall–Kier alpha value is -2.46. The Morgan fingerprint density at radius 2 is 1.90 bits per heavy atom. The van der Waals surface area contributed by atoms with E-state index in [0.29, 0.717) is 16.5 Å². The van der Waals surface area contributed by atoms with Crippen molar-refractivity contribution < 1.29 is 13.9 Å². The normalized spacial score (nSPS) is 12.5. The van der Waals surface area contributed by atoms with E-state index in [4.69, 9.17) is 4.42 Å². The molecule has 1 N–H and O–H groups in total. The van der Waals surface area contributed by atoms with Gasteiger partial charge in [0.05, 0.1) is 10.9 Å². The molecule has 0 aliphatic rings. The first kappa shape index (κ1) is 13.5. The molecule has 0 aliphatic heterocycles. The summed E-state index contributed by atoms with van der Waals surface area (Å²) in [4.78, 5) is 12.7. The molecule has 3 nitrogen and oxygen atoms in total. The fourth-order valence-corrected chi connectivity index (χ4v) is 2.37. The van der Waals surface area contributed by atoms with Gasteiger partial charge >= 0.3 is 0 Å². The van der Waals surface area contributed by atoms with Gasteiger partial charge in [-0.05, 0) is 36.8 Å². The lowest BCUT2D eigenvalue weighted by molar-refractivity contribution is 0.171. The highest BCUT2D eigenvalue weighted by Crippen LogP contribution is 2.29. The van der Waals surface area contributed by atoms with Crippen molar-refractivity contribution in [1.82, 2.24) is 0 Å². The van der Waals surface area contributed by atoms with Crippen LogP contribution in [0.3, 0.4) is 0 Å². The third-order valence-corrected chi connectivity index (χ3v) is 3.32. The summed E-state index contributed by atoms with van der Waals surface area (Å²) in [6.07, 6.45) is -0.972. The van der Waals surface area contributed by atoms with Crippen LogP contribution in [0.25, 0.3) is 22.1 Å². The van der Waals surface area contributed by atoms with Gasteiger partial charge in [-0.2, -0.15) is 0 Å². The van der Waals surface area contributed by atoms with Crippen LogP contribution in [0.2, 0.25) is 0 Å². The predicted octanol–water partition coefficient (Wildman–Crippen LogP) is 3.65. The molecule has 1 aromatic heterocycles. The molecule has 3 rings (SSSR count). The maximum atomic E-state index is 13.4. The van der Waals surface area contributed by atoms with E-state index in [1.54, 1.807) is 30.3 Å². The van der Waals surface area contributed by atoms with Crippen molar-refractivity contribution >= 4 is 11.0 Å². The van der Waals surface area contributed by atoms with E-state index < -0.39 is 11.9 Å². The van der Waals surface area contributed by atoms with Crippen LogP contribution < -0.4 is 5.43 Å². The van der Waals surface area contributed by atoms with Crippen LogP contribution >= 0.6 is 0 Å². The first-order valence-electron chi connectivity index (χ1n) is 6.57. The number of fused-ring (bicyclic) bond motifs is 1. The number of hydrogen-bond acceptors (Lipinski definition) is 3. The Bertz CT molecular complexity index is 865. The first-order chi connectivity index (χ1) is 10.1. The van der Waals surface area contributed by atoms with E-state index >= 15 is 0 Å². The molecule has 2 aromatic carbocycles. The lowest BCUT2D eigenvalue weighted by atomic mass is 10.00. The highest BCUT2D eigenvalue weighted by Gasteiger charge is 2.19. The van der Waals surface area contributed by atoms with Gasteiger partial charge < -0.3 is 9.52 Å². The Morgan fingerprint density at radius 3 is 2.62 bits per heavy atom. The van der Waals surface area contributed by atoms with E-state index in [1.807, 2.05) is 0 Å². The number of rotatable bonds is 2. The minimum Gasteiger partial charge on any atom is -0.457 e. The largest absolute Gasteiger partial charge is 0.457 e. The van der Waals surface area contributed by atoms with E-state index in [-0.39, 0.29) is 16.8 Å². The second kappa shape index (κ2) is 5.14. The summed E-state index contributed by atoms with van der Waals surface area (Å²) in [5.41, 5.74) is 0.713. The zero-order valence-corrected chi connectivity index (χ0v) is 11.3. The summed E-state index contributed by atoms with van der Waals surface area (Å²) in [5, 5.41) is 10.3. The standard InChI is InChI=1S/C17H13FO3/c1-10(19)17-15(11-5-4-6-12(18)9-11)16(20)13-7-2-3-8-14(13)21-17/h2-10,19H,1H3/t10-/m1/s1. The fraction of sp³-hybridized carbons (Fsp3) is 0.118. The summed E-state index contributed by atoms with van der Waals surface area (Å²) in [6, 6.07) is 12.5. The number of halogens is 1. The first-order valence-corrected chi connectivity index (χ1v) is 6.57. The van der Waals surface area contributed by atoms with E-state index in [2.05, 4.69) is 0 Å². The zero-order chi connectivity index (χ0) is 15.0. The average Bonchev–Trinajstić information content (AvgIpc) is 2.47. The Kier molecular flexibility index (Phi) is 3.31. The lowest BCUT2D eigenvalue weighted by Gasteiger charge is -2.12. The molecule has 0 aliphatic carbocycles. The molecule has 0 saturated heterocycles. The fourth-order valence-electron chi connectivity index (χ4n) is 2.37. The molecule has 1 atom stereocenters. The zero-order valence-electron chi connectivity index (χ0n) is 11.3. The second-order valence-corrected chi connectivity index (χ2v) is 4.85. The molecule has 0 spiro atoms. The molecule has 0 fully saturated rings. The summed E-state index contributed by atoms with van der Waals surface area (Å²) in [7, 11) is 0. The van der Waals surface area contributed by atoms with Gasteiger partial charge in [0, 0.05) is 0 Å². The number of aliphatic hydroxyl groups is 1. The molecular formula is C17H13FO3. The smallest absolute Gasteiger partial charge is 0.200 e. The number of aliphatic hydroxyl groups excluding tert-OH is 1. The number of hydrogen-bond donors (Lipinski definition) is 1. The van der Waals surface area contributed by atoms with E-state index in [9.17, 15) is 14.3 Å². The quantitative estimate of drug-likeness (QED) is 0.781. The molecule has 4 heteroatoms. The minimum absolute atomic E-state index is 0.143. The summed E-state index contributed by atoms with van der Waals surface area (Å²) < 4.78 is 19.1. The molecule has 0 saturated carbocycles. The topological polar surface area (TPSA) is 50.4 Å².